The molecular formula is C22H24ClFN6O. The molecule has 9 heteroatoms. The molecule has 1 aliphatic rings. The van der Waals surface area contributed by atoms with Gasteiger partial charge in [-0.05, 0) is 37.5 Å². The molecule has 4 rings (SSSR count). The number of rotatable bonds is 6. The number of carbonyl (C=O) groups excluding carboxylic acids is 1. The number of likely N-dealkylation sites (tertiary alicyclic amines) is 1. The van der Waals surface area contributed by atoms with Crippen LogP contribution in [0.3, 0.4) is 0 Å². The number of nitrogens with one attached hydrogen (secondary N) is 1. The number of pyridine rings is 1. The summed E-state index contributed by atoms with van der Waals surface area (Å²) in [4.78, 5) is 17.9. The highest BCUT2D eigenvalue weighted by Gasteiger charge is 2.34. The molecule has 0 unspecified atom stereocenters. The van der Waals surface area contributed by atoms with Crippen molar-refractivity contribution < 1.29 is 9.18 Å². The van der Waals surface area contributed by atoms with E-state index < -0.39 is 11.9 Å². The number of carbonyl (C=O) groups is 1. The van der Waals surface area contributed by atoms with Crippen LogP contribution in [-0.2, 0) is 12.1 Å². The molecule has 0 atom stereocenters. The molecule has 7 nitrogen and oxygen atoms in total. The van der Waals surface area contributed by atoms with Crippen molar-refractivity contribution in [2.24, 2.45) is 5.73 Å². The van der Waals surface area contributed by atoms with Gasteiger partial charge in [-0.25, -0.2) is 4.98 Å². The first kappa shape index (κ1) is 21.3. The molecule has 2 aromatic heterocycles. The number of halogens is 2. The fourth-order valence-electron chi connectivity index (χ4n) is 3.83. The van der Waals surface area contributed by atoms with E-state index in [2.05, 4.69) is 27.2 Å². The first-order valence-electron chi connectivity index (χ1n) is 10.1. The highest BCUT2D eigenvalue weighted by Crippen LogP contribution is 2.32. The van der Waals surface area contributed by atoms with Crippen molar-refractivity contribution in [3.8, 4) is 0 Å². The second-order valence-electron chi connectivity index (χ2n) is 8.06. The van der Waals surface area contributed by atoms with Crippen LogP contribution in [0.15, 0.2) is 48.8 Å². The van der Waals surface area contributed by atoms with E-state index in [1.54, 1.807) is 16.9 Å². The molecule has 1 aromatic carbocycles. The summed E-state index contributed by atoms with van der Waals surface area (Å²) in [5, 5.41) is 8.35. The van der Waals surface area contributed by atoms with Crippen molar-refractivity contribution in [1.29, 1.82) is 0 Å². The number of primary amides is 1. The van der Waals surface area contributed by atoms with Gasteiger partial charge in [0.15, 0.2) is 5.82 Å². The third kappa shape index (κ3) is 4.70. The predicted octanol–water partition coefficient (Wildman–Crippen LogP) is 3.92. The van der Waals surface area contributed by atoms with Crippen LogP contribution in [0.1, 0.15) is 35.7 Å². The molecule has 1 fully saturated rings. The zero-order chi connectivity index (χ0) is 22.0. The van der Waals surface area contributed by atoms with E-state index in [1.165, 1.54) is 12.3 Å². The van der Waals surface area contributed by atoms with E-state index >= 15 is 0 Å². The molecule has 0 aliphatic carbocycles. The Morgan fingerprint density at radius 3 is 2.71 bits per heavy atom. The minimum atomic E-state index is -0.622. The van der Waals surface area contributed by atoms with Crippen LogP contribution < -0.4 is 11.1 Å². The summed E-state index contributed by atoms with van der Waals surface area (Å²) in [7, 11) is 0. The maximum Gasteiger partial charge on any atom is 0.254 e. The van der Waals surface area contributed by atoms with Crippen molar-refractivity contribution in [2.75, 3.05) is 18.4 Å². The fraction of sp³-hybridized carbons (Fsp3) is 0.318. The van der Waals surface area contributed by atoms with Gasteiger partial charge in [-0.1, -0.05) is 29.8 Å². The van der Waals surface area contributed by atoms with Gasteiger partial charge in [0.1, 0.15) is 5.56 Å². The van der Waals surface area contributed by atoms with Crippen molar-refractivity contribution in [1.82, 2.24) is 19.7 Å². The third-order valence-electron chi connectivity index (χ3n) is 5.81. The summed E-state index contributed by atoms with van der Waals surface area (Å²) >= 11 is 6.30. The van der Waals surface area contributed by atoms with E-state index in [4.69, 9.17) is 17.3 Å². The minimum absolute atomic E-state index is 0.261. The first-order valence-corrected chi connectivity index (χ1v) is 10.5. The first-order chi connectivity index (χ1) is 14.8. The Balaban J connectivity index is 1.50. The third-order valence-corrected chi connectivity index (χ3v) is 6.18. The molecule has 3 aromatic rings. The summed E-state index contributed by atoms with van der Waals surface area (Å²) in [5.74, 6) is -0.913. The van der Waals surface area contributed by atoms with Gasteiger partial charge in [0.05, 0.1) is 5.54 Å². The van der Waals surface area contributed by atoms with Crippen molar-refractivity contribution >= 4 is 29.0 Å². The average molecular weight is 443 g/mol. The number of benzene rings is 1. The fourth-order valence-corrected chi connectivity index (χ4v) is 4.03. The van der Waals surface area contributed by atoms with Gasteiger partial charge in [-0.15, -0.1) is 0 Å². The van der Waals surface area contributed by atoms with Gasteiger partial charge in [0, 0.05) is 48.8 Å². The van der Waals surface area contributed by atoms with Crippen LogP contribution in [0.25, 0.3) is 0 Å². The highest BCUT2D eigenvalue weighted by molar-refractivity contribution is 6.31. The molecule has 162 valence electrons. The van der Waals surface area contributed by atoms with Crippen molar-refractivity contribution in [2.45, 2.75) is 31.8 Å². The quantitative estimate of drug-likeness (QED) is 0.565. The Hall–Kier alpha value is -2.97. The monoisotopic (exact) mass is 442 g/mol. The number of hydrogen-bond donors (Lipinski definition) is 2. The molecule has 0 radical (unpaired) electrons. The SMILES string of the molecule is CC1(n2cc(C(N)=O)c(Nc3ccnc(F)c3)n2)CCN(Cc2ccccc2Cl)CC1. The largest absolute Gasteiger partial charge is 0.365 e. The number of piperidine rings is 1. The second-order valence-corrected chi connectivity index (χ2v) is 8.46. The minimum Gasteiger partial charge on any atom is -0.365 e. The average Bonchev–Trinajstić information content (AvgIpc) is 3.16. The van der Waals surface area contributed by atoms with Gasteiger partial charge in [0.25, 0.3) is 5.91 Å². The Morgan fingerprint density at radius 2 is 2.03 bits per heavy atom. The number of aromatic nitrogens is 3. The van der Waals surface area contributed by atoms with Crippen molar-refractivity contribution in [3.05, 3.63) is 70.9 Å². The van der Waals surface area contributed by atoms with E-state index in [0.717, 1.165) is 43.1 Å². The molecule has 1 saturated heterocycles. The van der Waals surface area contributed by atoms with Crippen LogP contribution in [-0.4, -0.2) is 38.7 Å². The number of amides is 1. The van der Waals surface area contributed by atoms with Gasteiger partial charge in [0.2, 0.25) is 5.95 Å². The summed E-state index contributed by atoms with van der Waals surface area (Å²) in [6.45, 7) is 4.65. The lowest BCUT2D eigenvalue weighted by atomic mass is 9.89. The molecular weight excluding hydrogens is 419 g/mol. The molecule has 31 heavy (non-hydrogen) atoms. The molecule has 1 aliphatic heterocycles. The summed E-state index contributed by atoms with van der Waals surface area (Å²) in [6.07, 6.45) is 4.71. The smallest absolute Gasteiger partial charge is 0.254 e. The maximum absolute atomic E-state index is 13.4. The topological polar surface area (TPSA) is 89.1 Å². The molecule has 1 amide bonds. The van der Waals surface area contributed by atoms with E-state index in [0.29, 0.717) is 11.5 Å². The molecule has 0 saturated carbocycles. The summed E-state index contributed by atoms with van der Waals surface area (Å²) in [6, 6.07) is 10.7. The van der Waals surface area contributed by atoms with Gasteiger partial charge in [-0.3, -0.25) is 14.4 Å². The lowest BCUT2D eigenvalue weighted by molar-refractivity contribution is 0.0997. The van der Waals surface area contributed by atoms with Gasteiger partial charge in [-0.2, -0.15) is 9.49 Å². The Labute approximate surface area is 185 Å². The number of hydrogen-bond acceptors (Lipinski definition) is 5. The maximum atomic E-state index is 13.4. The Kier molecular flexibility index (Phi) is 5.93. The standard InChI is InChI=1S/C22H24ClFN6O/c1-22(7-10-29(11-8-22)13-15-4-2-3-5-18(15)23)30-14-17(20(25)31)21(28-30)27-16-6-9-26-19(24)12-16/h2-6,9,12,14H,7-8,10-11,13H2,1H3,(H2,25,31)(H,26,27,28). The highest BCUT2D eigenvalue weighted by atomic mass is 35.5. The van der Waals surface area contributed by atoms with Crippen LogP contribution in [0.5, 0.6) is 0 Å². The number of nitrogens with zero attached hydrogens (tertiary/aromatic N) is 4. The van der Waals surface area contributed by atoms with E-state index in [1.807, 2.05) is 24.3 Å². The van der Waals surface area contributed by atoms with Crippen LogP contribution in [0.2, 0.25) is 5.02 Å². The molecule has 0 bridgehead atoms. The molecule has 3 N–H and O–H groups in total. The van der Waals surface area contributed by atoms with E-state index in [9.17, 15) is 9.18 Å². The summed E-state index contributed by atoms with van der Waals surface area (Å²) < 4.78 is 15.2. The zero-order valence-electron chi connectivity index (χ0n) is 17.2. The molecule has 0 spiro atoms. The van der Waals surface area contributed by atoms with E-state index in [-0.39, 0.29) is 11.1 Å². The second kappa shape index (κ2) is 8.64. The molecule has 3 heterocycles. The Morgan fingerprint density at radius 1 is 1.29 bits per heavy atom. The number of anilines is 2. The van der Waals surface area contributed by atoms with Crippen molar-refractivity contribution in [3.63, 3.8) is 0 Å². The number of nitrogens with two attached hydrogens (primary N) is 1. The Bertz CT molecular complexity index is 1090. The predicted molar refractivity (Wildman–Crippen MR) is 118 cm³/mol. The summed E-state index contributed by atoms with van der Waals surface area (Å²) in [5.41, 5.74) is 7.11. The normalized spacial score (nSPS) is 16.2. The van der Waals surface area contributed by atoms with Crippen LogP contribution in [0, 0.1) is 5.95 Å². The lowest BCUT2D eigenvalue weighted by Gasteiger charge is -2.39. The van der Waals surface area contributed by atoms with Gasteiger partial charge >= 0.3 is 0 Å². The van der Waals surface area contributed by atoms with Crippen LogP contribution >= 0.6 is 11.6 Å². The zero-order valence-corrected chi connectivity index (χ0v) is 17.9. The van der Waals surface area contributed by atoms with Crippen LogP contribution in [0.4, 0.5) is 15.9 Å². The van der Waals surface area contributed by atoms with Gasteiger partial charge < -0.3 is 11.1 Å². The lowest BCUT2D eigenvalue weighted by Crippen LogP contribution is -2.44.